The normalized spacial score (nSPS) is 28.5. The topological polar surface area (TPSA) is 66.5 Å². The molecule has 11 unspecified atom stereocenters. The van der Waals surface area contributed by atoms with Crippen LogP contribution in [0.25, 0.3) is 0 Å². The van der Waals surface area contributed by atoms with Crippen molar-refractivity contribution in [3.8, 4) is 0 Å². The first kappa shape index (κ1) is 81.3. The molecule has 7 fully saturated rings. The van der Waals surface area contributed by atoms with Gasteiger partial charge < -0.3 is 15.9 Å². The molecule has 0 aromatic heterocycles. The molecule has 11 rings (SSSR count). The second kappa shape index (κ2) is 42.3. The summed E-state index contributed by atoms with van der Waals surface area (Å²) in [5, 5.41) is 19.9. The third-order valence-corrected chi connectivity index (χ3v) is 22.0. The predicted molar refractivity (Wildman–Crippen MR) is 374 cm³/mol. The van der Waals surface area contributed by atoms with Gasteiger partial charge in [0, 0.05) is 12.0 Å². The Morgan fingerprint density at radius 1 is 0.373 bits per heavy atom. The molecule has 2 bridgehead atoms. The van der Waals surface area contributed by atoms with Crippen molar-refractivity contribution in [1.29, 1.82) is 0 Å². The average Bonchev–Trinajstić information content (AvgIpc) is 4.13. The smallest absolute Gasteiger partial charge is 0.0826 e. The number of hydrogen-bond donors (Lipinski definition) is 3. The maximum Gasteiger partial charge on any atom is 0.0826 e. The summed E-state index contributed by atoms with van der Waals surface area (Å²) in [5.74, 6) is 16.7. The zero-order chi connectivity index (χ0) is 58.3. The number of benzene rings is 2. The number of aliphatic hydroxyl groups is 2. The molecule has 3 heteroatoms. The Labute approximate surface area is 522 Å². The van der Waals surface area contributed by atoms with Gasteiger partial charge in [0.2, 0.25) is 0 Å². The first-order chi connectivity index (χ1) is 37.5. The Bertz CT molecular complexity index is 1830. The number of rotatable bonds is 8. The van der Waals surface area contributed by atoms with Gasteiger partial charge in [-0.3, -0.25) is 0 Å². The van der Waals surface area contributed by atoms with Crippen LogP contribution in [-0.2, 0) is 12.8 Å². The van der Waals surface area contributed by atoms with Gasteiger partial charge in [-0.05, 0) is 193 Å². The second-order valence-corrected chi connectivity index (χ2v) is 30.6. The van der Waals surface area contributed by atoms with Crippen molar-refractivity contribution in [2.24, 2.45) is 112 Å². The van der Waals surface area contributed by atoms with Gasteiger partial charge >= 0.3 is 0 Å². The predicted octanol–water partition coefficient (Wildman–Crippen LogP) is 24.3. The van der Waals surface area contributed by atoms with Crippen molar-refractivity contribution in [2.75, 3.05) is 0 Å². The summed E-state index contributed by atoms with van der Waals surface area (Å²) < 4.78 is 0. The molecule has 83 heavy (non-hydrogen) atoms. The molecule has 0 spiro atoms. The van der Waals surface area contributed by atoms with Gasteiger partial charge in [-0.15, -0.1) is 0 Å². The molecule has 9 aliphatic carbocycles. The van der Waals surface area contributed by atoms with Crippen LogP contribution in [0.1, 0.15) is 329 Å². The van der Waals surface area contributed by atoms with E-state index in [1.807, 2.05) is 24.3 Å². The minimum atomic E-state index is -0.240. The van der Waals surface area contributed by atoms with E-state index in [0.29, 0.717) is 29.7 Å². The van der Waals surface area contributed by atoms with Crippen LogP contribution in [0.3, 0.4) is 0 Å². The van der Waals surface area contributed by atoms with E-state index in [1.165, 1.54) is 139 Å². The van der Waals surface area contributed by atoms with Crippen LogP contribution in [-0.4, -0.2) is 22.4 Å². The van der Waals surface area contributed by atoms with Crippen molar-refractivity contribution in [3.63, 3.8) is 0 Å². The van der Waals surface area contributed by atoms with Crippen LogP contribution in [0.15, 0.2) is 48.5 Å². The minimum absolute atomic E-state index is 0. The zero-order valence-electron chi connectivity index (χ0n) is 55.5. The first-order valence-electron chi connectivity index (χ1n) is 34.8. The lowest BCUT2D eigenvalue weighted by molar-refractivity contribution is 0.0968. The van der Waals surface area contributed by atoms with Gasteiger partial charge in [0.15, 0.2) is 0 Å². The van der Waals surface area contributed by atoms with Crippen LogP contribution >= 0.6 is 0 Å². The van der Waals surface area contributed by atoms with Crippen molar-refractivity contribution in [3.05, 3.63) is 70.8 Å². The van der Waals surface area contributed by atoms with Gasteiger partial charge in [-0.1, -0.05) is 292 Å². The lowest BCUT2D eigenvalue weighted by Crippen LogP contribution is -2.35. The molecule has 488 valence electrons. The van der Waals surface area contributed by atoms with E-state index in [0.717, 1.165) is 107 Å². The Morgan fingerprint density at radius 2 is 0.783 bits per heavy atom. The molecular formula is C80H151NO2. The summed E-state index contributed by atoms with van der Waals surface area (Å²) >= 11 is 0. The Balaban J connectivity index is 0.000000927. The van der Waals surface area contributed by atoms with Gasteiger partial charge in [0.05, 0.1) is 12.2 Å². The second-order valence-electron chi connectivity index (χ2n) is 30.6. The molecule has 2 aromatic carbocycles. The summed E-state index contributed by atoms with van der Waals surface area (Å²) in [4.78, 5) is 0. The Morgan fingerprint density at radius 3 is 1.12 bits per heavy atom. The van der Waals surface area contributed by atoms with E-state index in [-0.39, 0.29) is 41.9 Å². The Kier molecular flexibility index (Phi) is 41.4. The number of hydrogen-bond acceptors (Lipinski definition) is 3. The Hall–Kier alpha value is -1.68. The summed E-state index contributed by atoms with van der Waals surface area (Å²) in [6.45, 7) is 39.2. The lowest BCUT2D eigenvalue weighted by Gasteiger charge is -2.31. The number of fused-ring (bicyclic) bond motifs is 4. The molecule has 0 amide bonds. The summed E-state index contributed by atoms with van der Waals surface area (Å²) in [6, 6.07) is 17.1. The molecular weight excluding hydrogens is 1010 g/mol. The molecule has 0 saturated heterocycles. The van der Waals surface area contributed by atoms with E-state index in [2.05, 4.69) is 142 Å². The molecule has 0 radical (unpaired) electrons. The largest absolute Gasteiger partial charge is 0.392 e. The SMILES string of the molecule is C.C.C.C.CC(C)C1CC1.CC(C)C1CC2CCC1C2.CC(C)C1CCCC1.CC(C)C1CCCCC1.CC(C)C1CCCCC1C.CC(C)C1CCCCC1N.CC(C)C1Cc2ccccc2C1O.CC(C)C1c2ccccc2CC1O. The highest BCUT2D eigenvalue weighted by Crippen LogP contribution is 2.51. The first-order valence-corrected chi connectivity index (χ1v) is 34.8. The fourth-order valence-electron chi connectivity index (χ4n) is 16.3. The van der Waals surface area contributed by atoms with Gasteiger partial charge in [-0.25, -0.2) is 0 Å². The molecule has 0 aliphatic heterocycles. The van der Waals surface area contributed by atoms with Crippen LogP contribution < -0.4 is 5.73 Å². The molecule has 0 heterocycles. The third kappa shape index (κ3) is 27.7. The zero-order valence-corrected chi connectivity index (χ0v) is 55.5. The van der Waals surface area contributed by atoms with E-state index in [1.54, 1.807) is 25.7 Å². The van der Waals surface area contributed by atoms with Crippen molar-refractivity contribution >= 4 is 0 Å². The maximum absolute atomic E-state index is 10.0. The molecule has 2 aromatic rings. The van der Waals surface area contributed by atoms with E-state index in [9.17, 15) is 10.2 Å². The highest BCUT2D eigenvalue weighted by molar-refractivity contribution is 5.37. The van der Waals surface area contributed by atoms with E-state index >= 15 is 0 Å². The summed E-state index contributed by atoms with van der Waals surface area (Å²) in [5.41, 5.74) is 11.1. The molecule has 11 atom stereocenters. The average molecular weight is 1160 g/mol. The highest BCUT2D eigenvalue weighted by Gasteiger charge is 2.40. The number of aliphatic hydroxyl groups excluding tert-OH is 2. The van der Waals surface area contributed by atoms with Crippen LogP contribution in [0.5, 0.6) is 0 Å². The van der Waals surface area contributed by atoms with Gasteiger partial charge in [0.1, 0.15) is 0 Å². The summed E-state index contributed by atoms with van der Waals surface area (Å²) in [7, 11) is 0. The molecule has 4 N–H and O–H groups in total. The maximum atomic E-state index is 10.0. The fraction of sp³-hybridized carbons (Fsp3) is 0.850. The third-order valence-electron chi connectivity index (χ3n) is 22.0. The van der Waals surface area contributed by atoms with Crippen molar-refractivity contribution in [2.45, 2.75) is 332 Å². The fourth-order valence-corrected chi connectivity index (χ4v) is 16.3. The van der Waals surface area contributed by atoms with Crippen molar-refractivity contribution in [1.82, 2.24) is 0 Å². The van der Waals surface area contributed by atoms with Crippen LogP contribution in [0.4, 0.5) is 0 Å². The minimum Gasteiger partial charge on any atom is -0.392 e. The lowest BCUT2D eigenvalue weighted by atomic mass is 9.75. The van der Waals surface area contributed by atoms with E-state index < -0.39 is 0 Å². The summed E-state index contributed by atoms with van der Waals surface area (Å²) in [6.07, 6.45) is 35.4. The van der Waals surface area contributed by atoms with Gasteiger partial charge in [0.25, 0.3) is 0 Å². The van der Waals surface area contributed by atoms with E-state index in [4.69, 9.17) is 5.73 Å². The molecule has 9 aliphatic rings. The highest BCUT2D eigenvalue weighted by atomic mass is 16.3. The molecule has 3 nitrogen and oxygen atoms in total. The molecule has 7 saturated carbocycles. The van der Waals surface area contributed by atoms with Crippen LogP contribution in [0.2, 0.25) is 0 Å². The monoisotopic (exact) mass is 1160 g/mol. The van der Waals surface area contributed by atoms with Crippen molar-refractivity contribution < 1.29 is 10.2 Å². The van der Waals surface area contributed by atoms with Gasteiger partial charge in [-0.2, -0.15) is 0 Å². The quantitative estimate of drug-likeness (QED) is 0.247. The van der Waals surface area contributed by atoms with Crippen LogP contribution in [0, 0.1) is 107 Å². The number of nitrogens with two attached hydrogens (primary N) is 1. The standard InChI is InChI=1S/2C12H16O.C10H18.C10H20.C9H19N.C9H18.C8H16.C6H12.4CH4/c1-8(2)12-10-6-4-3-5-9(10)7-11(12)13;1-8(2)11-7-9-5-3-4-6-10(9)12(11)13;1-7(2)10-6-8-3-4-9(10)5-8;1-8(2)10-7-5-4-6-9(10)3;1-7(2)8-5-3-4-6-9(8)10;1-8(2)9-6-4-3-5-7-9;1-7(2)8-5-3-4-6-8;1-5(2)6-3-4-6;;;;/h2*3-6,8,11-13H,7H2,1-2H3;7-10H,3-6H2,1-2H3;8-10H,4-7H2,1-3H3;7-9H,3-6,10H2,1-2H3;8-9H,3-7H2,1-2H3;7-8H,3-6H2,1-2H3;5-6H,3-4H2,1-2H3;4*1H4.